The lowest BCUT2D eigenvalue weighted by Crippen LogP contribution is -2.39. The Balaban J connectivity index is 4.12. The molecule has 0 radical (unpaired) electrons. The van der Waals surface area contributed by atoms with E-state index >= 15 is 0 Å². The summed E-state index contributed by atoms with van der Waals surface area (Å²) in [6.07, 6.45) is 1.95. The molecule has 0 aliphatic carbocycles. The molecule has 12 heavy (non-hydrogen) atoms. The van der Waals surface area contributed by atoms with Gasteiger partial charge in [-0.15, -0.1) is 0 Å². The van der Waals surface area contributed by atoms with Crippen LogP contribution in [0.2, 0.25) is 0 Å². The van der Waals surface area contributed by atoms with Crippen molar-refractivity contribution in [2.24, 2.45) is 5.73 Å². The van der Waals surface area contributed by atoms with Gasteiger partial charge in [0.05, 0.1) is 0 Å². The molecule has 0 heterocycles. The Hall–Kier alpha value is -0.380. The lowest BCUT2D eigenvalue weighted by molar-refractivity contribution is 0.0944. The SMILES string of the molecule is C/C=C(/CN)[C@H](NC(C)C)OC. The molecular formula is C9H20N2O. The molecule has 0 fully saturated rings. The summed E-state index contributed by atoms with van der Waals surface area (Å²) in [5, 5.41) is 3.26. The second kappa shape index (κ2) is 6.17. The van der Waals surface area contributed by atoms with Gasteiger partial charge in [0.1, 0.15) is 6.23 Å². The van der Waals surface area contributed by atoms with Gasteiger partial charge in [0, 0.05) is 19.7 Å². The Bertz CT molecular complexity index is 143. The summed E-state index contributed by atoms with van der Waals surface area (Å²) in [5.74, 6) is 0. The number of allylic oxidation sites excluding steroid dienone is 1. The molecular weight excluding hydrogens is 152 g/mol. The molecule has 3 heteroatoms. The zero-order valence-electron chi connectivity index (χ0n) is 8.42. The number of nitrogens with two attached hydrogens (primary N) is 1. The van der Waals surface area contributed by atoms with Crippen LogP contribution in [0.4, 0.5) is 0 Å². The van der Waals surface area contributed by atoms with Crippen molar-refractivity contribution in [3.63, 3.8) is 0 Å². The number of hydrogen-bond acceptors (Lipinski definition) is 3. The van der Waals surface area contributed by atoms with Gasteiger partial charge in [0.15, 0.2) is 0 Å². The lowest BCUT2D eigenvalue weighted by atomic mass is 10.2. The quantitative estimate of drug-likeness (QED) is 0.477. The third-order valence-corrected chi connectivity index (χ3v) is 1.66. The third kappa shape index (κ3) is 3.85. The van der Waals surface area contributed by atoms with Crippen LogP contribution in [0.15, 0.2) is 11.6 Å². The predicted molar refractivity (Wildman–Crippen MR) is 51.9 cm³/mol. The summed E-state index contributed by atoms with van der Waals surface area (Å²) in [5.41, 5.74) is 6.64. The van der Waals surface area contributed by atoms with Gasteiger partial charge >= 0.3 is 0 Å². The Labute approximate surface area is 75.0 Å². The maximum Gasteiger partial charge on any atom is 0.131 e. The molecule has 0 aromatic carbocycles. The van der Waals surface area contributed by atoms with E-state index in [9.17, 15) is 0 Å². The van der Waals surface area contributed by atoms with Crippen LogP contribution in [-0.4, -0.2) is 25.9 Å². The van der Waals surface area contributed by atoms with Gasteiger partial charge in [0.2, 0.25) is 0 Å². The highest BCUT2D eigenvalue weighted by atomic mass is 16.5. The first kappa shape index (κ1) is 11.6. The van der Waals surface area contributed by atoms with E-state index < -0.39 is 0 Å². The summed E-state index contributed by atoms with van der Waals surface area (Å²) >= 11 is 0. The first-order chi connectivity index (χ1) is 5.65. The Kier molecular flexibility index (Phi) is 5.98. The molecule has 3 N–H and O–H groups in total. The average Bonchev–Trinajstić information content (AvgIpc) is 2.04. The molecule has 1 atom stereocenters. The van der Waals surface area contributed by atoms with Crippen LogP contribution >= 0.6 is 0 Å². The lowest BCUT2D eigenvalue weighted by Gasteiger charge is -2.21. The van der Waals surface area contributed by atoms with Crippen LogP contribution in [0.5, 0.6) is 0 Å². The number of rotatable bonds is 5. The van der Waals surface area contributed by atoms with Gasteiger partial charge in [-0.3, -0.25) is 5.32 Å². The van der Waals surface area contributed by atoms with Crippen LogP contribution in [-0.2, 0) is 4.74 Å². The van der Waals surface area contributed by atoms with Crippen LogP contribution in [0, 0.1) is 0 Å². The van der Waals surface area contributed by atoms with Crippen molar-refractivity contribution in [3.8, 4) is 0 Å². The minimum Gasteiger partial charge on any atom is -0.363 e. The van der Waals surface area contributed by atoms with Crippen molar-refractivity contribution in [2.75, 3.05) is 13.7 Å². The first-order valence-corrected chi connectivity index (χ1v) is 4.29. The number of methoxy groups -OCH3 is 1. The van der Waals surface area contributed by atoms with Crippen molar-refractivity contribution in [3.05, 3.63) is 11.6 Å². The van der Waals surface area contributed by atoms with Gasteiger partial charge in [-0.2, -0.15) is 0 Å². The second-order valence-corrected chi connectivity index (χ2v) is 3.00. The molecule has 0 bridgehead atoms. The minimum atomic E-state index is -0.0417. The Morgan fingerprint density at radius 2 is 2.17 bits per heavy atom. The van der Waals surface area contributed by atoms with Crippen molar-refractivity contribution >= 4 is 0 Å². The zero-order chi connectivity index (χ0) is 9.56. The highest BCUT2D eigenvalue weighted by Crippen LogP contribution is 2.02. The van der Waals surface area contributed by atoms with Gasteiger partial charge in [0.25, 0.3) is 0 Å². The Morgan fingerprint density at radius 1 is 1.58 bits per heavy atom. The highest BCUT2D eigenvalue weighted by molar-refractivity contribution is 5.07. The molecule has 72 valence electrons. The minimum absolute atomic E-state index is 0.0417. The van der Waals surface area contributed by atoms with Crippen molar-refractivity contribution in [1.29, 1.82) is 0 Å². The van der Waals surface area contributed by atoms with E-state index in [2.05, 4.69) is 19.2 Å². The number of hydrogen-bond donors (Lipinski definition) is 2. The van der Waals surface area contributed by atoms with E-state index in [0.717, 1.165) is 5.57 Å². The van der Waals surface area contributed by atoms with Crippen LogP contribution in [0.3, 0.4) is 0 Å². The van der Waals surface area contributed by atoms with E-state index in [4.69, 9.17) is 10.5 Å². The van der Waals surface area contributed by atoms with Gasteiger partial charge in [-0.05, 0) is 26.3 Å². The van der Waals surface area contributed by atoms with Gasteiger partial charge in [-0.25, -0.2) is 0 Å². The molecule has 0 aliphatic rings. The van der Waals surface area contributed by atoms with E-state index in [0.29, 0.717) is 12.6 Å². The smallest absolute Gasteiger partial charge is 0.131 e. The molecule has 0 saturated heterocycles. The predicted octanol–water partition coefficient (Wildman–Crippen LogP) is 0.862. The summed E-state index contributed by atoms with van der Waals surface area (Å²) in [4.78, 5) is 0. The van der Waals surface area contributed by atoms with Gasteiger partial charge < -0.3 is 10.5 Å². The van der Waals surface area contributed by atoms with Crippen molar-refractivity contribution in [2.45, 2.75) is 33.0 Å². The summed E-state index contributed by atoms with van der Waals surface area (Å²) < 4.78 is 5.25. The third-order valence-electron chi connectivity index (χ3n) is 1.66. The monoisotopic (exact) mass is 172 g/mol. The number of ether oxygens (including phenoxy) is 1. The summed E-state index contributed by atoms with van der Waals surface area (Å²) in [6, 6.07) is 0.399. The van der Waals surface area contributed by atoms with E-state index in [1.807, 2.05) is 13.0 Å². The van der Waals surface area contributed by atoms with Crippen molar-refractivity contribution in [1.82, 2.24) is 5.32 Å². The fourth-order valence-electron chi connectivity index (χ4n) is 1.01. The average molecular weight is 172 g/mol. The van der Waals surface area contributed by atoms with E-state index in [-0.39, 0.29) is 6.23 Å². The largest absolute Gasteiger partial charge is 0.363 e. The van der Waals surface area contributed by atoms with Gasteiger partial charge in [-0.1, -0.05) is 6.08 Å². The summed E-state index contributed by atoms with van der Waals surface area (Å²) in [6.45, 7) is 6.66. The molecule has 3 nitrogen and oxygen atoms in total. The normalized spacial score (nSPS) is 15.3. The fraction of sp³-hybridized carbons (Fsp3) is 0.778. The fourth-order valence-corrected chi connectivity index (χ4v) is 1.01. The Morgan fingerprint density at radius 3 is 2.42 bits per heavy atom. The molecule has 0 amide bonds. The molecule has 0 aromatic rings. The molecule has 0 unspecified atom stereocenters. The second-order valence-electron chi connectivity index (χ2n) is 3.00. The molecule has 0 rings (SSSR count). The van der Waals surface area contributed by atoms with Crippen LogP contribution in [0.1, 0.15) is 20.8 Å². The van der Waals surface area contributed by atoms with Crippen LogP contribution < -0.4 is 11.1 Å². The maximum atomic E-state index is 5.55. The summed E-state index contributed by atoms with van der Waals surface area (Å²) in [7, 11) is 1.68. The van der Waals surface area contributed by atoms with Crippen LogP contribution in [0.25, 0.3) is 0 Å². The topological polar surface area (TPSA) is 47.3 Å². The molecule has 0 aromatic heterocycles. The van der Waals surface area contributed by atoms with E-state index in [1.165, 1.54) is 0 Å². The molecule has 0 aliphatic heterocycles. The zero-order valence-corrected chi connectivity index (χ0v) is 8.42. The standard InChI is InChI=1S/C9H20N2O/c1-5-8(6-10)9(12-4)11-7(2)3/h5,7,9,11H,6,10H2,1-4H3/b8-5-/t9-/m1/s1. The number of nitrogens with one attached hydrogen (secondary N) is 1. The maximum absolute atomic E-state index is 5.55. The molecule has 0 spiro atoms. The van der Waals surface area contributed by atoms with E-state index in [1.54, 1.807) is 7.11 Å². The highest BCUT2D eigenvalue weighted by Gasteiger charge is 2.11. The molecule has 0 saturated carbocycles. The van der Waals surface area contributed by atoms with Crippen molar-refractivity contribution < 1.29 is 4.74 Å². The first-order valence-electron chi connectivity index (χ1n) is 4.29.